The van der Waals surface area contributed by atoms with Crippen molar-refractivity contribution in [1.82, 2.24) is 0 Å². The number of hydrogen-bond acceptors (Lipinski definition) is 2. The maximum atomic E-state index is 10.6. The van der Waals surface area contributed by atoms with E-state index in [0.29, 0.717) is 6.42 Å². The number of rotatable bonds is 6. The van der Waals surface area contributed by atoms with Crippen LogP contribution in [0, 0.1) is 0 Å². The quantitative estimate of drug-likeness (QED) is 0.670. The Morgan fingerprint density at radius 2 is 1.75 bits per heavy atom. The van der Waals surface area contributed by atoms with Gasteiger partial charge < -0.3 is 9.84 Å². The van der Waals surface area contributed by atoms with Crippen molar-refractivity contribution in [2.75, 3.05) is 0 Å². The fourth-order valence-corrected chi connectivity index (χ4v) is 1.04. The van der Waals surface area contributed by atoms with Crippen molar-refractivity contribution in [3.05, 3.63) is 0 Å². The van der Waals surface area contributed by atoms with E-state index in [1.54, 1.807) is 0 Å². The maximum Gasteiger partial charge on any atom is 0.332 e. The summed E-state index contributed by atoms with van der Waals surface area (Å²) < 4.78 is 5.36. The van der Waals surface area contributed by atoms with E-state index < -0.39 is 12.1 Å². The summed E-state index contributed by atoms with van der Waals surface area (Å²) in [6.45, 7) is 5.83. The average Bonchev–Trinajstić information content (AvgIpc) is 2.06. The van der Waals surface area contributed by atoms with Crippen molar-refractivity contribution in [2.45, 2.75) is 52.2 Å². The van der Waals surface area contributed by atoms with Gasteiger partial charge >= 0.3 is 5.97 Å². The first kappa shape index (κ1) is 11.4. The van der Waals surface area contributed by atoms with Gasteiger partial charge in [-0.1, -0.05) is 20.8 Å². The molecule has 0 aliphatic heterocycles. The molecule has 0 amide bonds. The molecule has 0 fully saturated rings. The Balaban J connectivity index is 3.91. The van der Waals surface area contributed by atoms with Crippen LogP contribution in [0.1, 0.15) is 40.0 Å². The summed E-state index contributed by atoms with van der Waals surface area (Å²) in [6.07, 6.45) is 1.74. The van der Waals surface area contributed by atoms with Crippen LogP contribution in [0.4, 0.5) is 0 Å². The van der Waals surface area contributed by atoms with Crippen molar-refractivity contribution >= 4 is 5.97 Å². The molecule has 0 aliphatic rings. The first-order valence-corrected chi connectivity index (χ1v) is 4.53. The van der Waals surface area contributed by atoms with Crippen LogP contribution < -0.4 is 0 Å². The van der Waals surface area contributed by atoms with E-state index in [4.69, 9.17) is 9.84 Å². The van der Waals surface area contributed by atoms with Gasteiger partial charge in [-0.25, -0.2) is 4.79 Å². The van der Waals surface area contributed by atoms with Crippen molar-refractivity contribution in [3.63, 3.8) is 0 Å². The Bertz CT molecular complexity index is 130. The van der Waals surface area contributed by atoms with Gasteiger partial charge in [0, 0.05) is 0 Å². The largest absolute Gasteiger partial charge is 0.479 e. The van der Waals surface area contributed by atoms with Crippen LogP contribution in [0.5, 0.6) is 0 Å². The van der Waals surface area contributed by atoms with Gasteiger partial charge in [0.25, 0.3) is 0 Å². The van der Waals surface area contributed by atoms with E-state index in [-0.39, 0.29) is 6.10 Å². The topological polar surface area (TPSA) is 46.5 Å². The highest BCUT2D eigenvalue weighted by Gasteiger charge is 2.18. The van der Waals surface area contributed by atoms with Gasteiger partial charge in [0.15, 0.2) is 6.10 Å². The molecule has 0 radical (unpaired) electrons. The van der Waals surface area contributed by atoms with Gasteiger partial charge in [0.2, 0.25) is 0 Å². The van der Waals surface area contributed by atoms with E-state index in [9.17, 15) is 4.79 Å². The minimum absolute atomic E-state index is 0.0889. The minimum Gasteiger partial charge on any atom is -0.479 e. The average molecular weight is 174 g/mol. The lowest BCUT2D eigenvalue weighted by Gasteiger charge is -2.18. The first-order valence-electron chi connectivity index (χ1n) is 4.53. The lowest BCUT2D eigenvalue weighted by Crippen LogP contribution is -2.28. The van der Waals surface area contributed by atoms with Crippen LogP contribution >= 0.6 is 0 Å². The Morgan fingerprint density at radius 3 is 2.00 bits per heavy atom. The third-order valence-corrected chi connectivity index (χ3v) is 1.91. The zero-order chi connectivity index (χ0) is 9.56. The van der Waals surface area contributed by atoms with Gasteiger partial charge in [-0.05, 0) is 19.3 Å². The highest BCUT2D eigenvalue weighted by molar-refractivity contribution is 5.72. The number of hydrogen-bond donors (Lipinski definition) is 1. The van der Waals surface area contributed by atoms with Crippen molar-refractivity contribution in [3.8, 4) is 0 Å². The molecule has 1 unspecified atom stereocenters. The molecule has 1 N–H and O–H groups in total. The molecule has 0 aromatic carbocycles. The molecule has 3 nitrogen and oxygen atoms in total. The van der Waals surface area contributed by atoms with Gasteiger partial charge in [0.1, 0.15) is 0 Å². The maximum absolute atomic E-state index is 10.6. The van der Waals surface area contributed by atoms with E-state index in [2.05, 4.69) is 0 Å². The second-order valence-electron chi connectivity index (χ2n) is 2.81. The highest BCUT2D eigenvalue weighted by Crippen LogP contribution is 2.09. The van der Waals surface area contributed by atoms with Gasteiger partial charge in [-0.3, -0.25) is 0 Å². The number of carbonyl (C=O) groups is 1. The SMILES string of the molecule is CCC(CC)OC(CC)C(=O)O. The Hall–Kier alpha value is -0.570. The first-order chi connectivity index (χ1) is 5.65. The van der Waals surface area contributed by atoms with Crippen LogP contribution in [-0.2, 0) is 9.53 Å². The molecule has 0 rings (SSSR count). The van der Waals surface area contributed by atoms with Crippen molar-refractivity contribution in [2.24, 2.45) is 0 Å². The lowest BCUT2D eigenvalue weighted by molar-refractivity contribution is -0.154. The summed E-state index contributed by atoms with van der Waals surface area (Å²) in [5.74, 6) is -0.857. The molecule has 0 bridgehead atoms. The third-order valence-electron chi connectivity index (χ3n) is 1.91. The van der Waals surface area contributed by atoms with E-state index in [0.717, 1.165) is 12.8 Å². The molecular formula is C9H18O3. The summed E-state index contributed by atoms with van der Waals surface area (Å²) in [7, 11) is 0. The minimum atomic E-state index is -0.857. The highest BCUT2D eigenvalue weighted by atomic mass is 16.5. The molecule has 0 aromatic heterocycles. The van der Waals surface area contributed by atoms with Crippen LogP contribution in [0.2, 0.25) is 0 Å². The van der Waals surface area contributed by atoms with Crippen LogP contribution in [0.25, 0.3) is 0 Å². The summed E-state index contributed by atoms with van der Waals surface area (Å²) in [4.78, 5) is 10.6. The molecular weight excluding hydrogens is 156 g/mol. The van der Waals surface area contributed by atoms with Gasteiger partial charge in [0.05, 0.1) is 6.10 Å². The second kappa shape index (κ2) is 6.00. The predicted molar refractivity (Wildman–Crippen MR) is 47.2 cm³/mol. The second-order valence-corrected chi connectivity index (χ2v) is 2.81. The molecule has 0 aromatic rings. The normalized spacial score (nSPS) is 13.3. The monoisotopic (exact) mass is 174 g/mol. The molecule has 0 heterocycles. The summed E-state index contributed by atoms with van der Waals surface area (Å²) in [5, 5.41) is 8.69. The molecule has 72 valence electrons. The van der Waals surface area contributed by atoms with Crippen molar-refractivity contribution in [1.29, 1.82) is 0 Å². The lowest BCUT2D eigenvalue weighted by atomic mass is 10.2. The smallest absolute Gasteiger partial charge is 0.332 e. The van der Waals surface area contributed by atoms with E-state index >= 15 is 0 Å². The van der Waals surface area contributed by atoms with Gasteiger partial charge in [-0.15, -0.1) is 0 Å². The Kier molecular flexibility index (Phi) is 5.72. The fourth-order valence-electron chi connectivity index (χ4n) is 1.04. The van der Waals surface area contributed by atoms with Crippen LogP contribution in [0.15, 0.2) is 0 Å². The molecule has 0 aliphatic carbocycles. The van der Waals surface area contributed by atoms with Crippen LogP contribution in [-0.4, -0.2) is 23.3 Å². The summed E-state index contributed by atoms with van der Waals surface area (Å²) in [5.41, 5.74) is 0. The van der Waals surface area contributed by atoms with Crippen LogP contribution in [0.3, 0.4) is 0 Å². The molecule has 0 saturated heterocycles. The summed E-state index contributed by atoms with van der Waals surface area (Å²) >= 11 is 0. The van der Waals surface area contributed by atoms with E-state index in [1.807, 2.05) is 20.8 Å². The predicted octanol–water partition coefficient (Wildman–Crippen LogP) is 2.05. The number of carboxylic acid groups (broad SMARTS) is 1. The van der Waals surface area contributed by atoms with E-state index in [1.165, 1.54) is 0 Å². The third kappa shape index (κ3) is 3.72. The molecule has 1 atom stereocenters. The van der Waals surface area contributed by atoms with Gasteiger partial charge in [-0.2, -0.15) is 0 Å². The molecule has 0 saturated carbocycles. The number of ether oxygens (including phenoxy) is 1. The standard InChI is InChI=1S/C9H18O3/c1-4-7(5-2)12-8(6-3)9(10)11/h7-8H,4-6H2,1-3H3,(H,10,11). The molecule has 3 heteroatoms. The molecule has 12 heavy (non-hydrogen) atoms. The Labute approximate surface area is 73.7 Å². The Morgan fingerprint density at radius 1 is 1.25 bits per heavy atom. The fraction of sp³-hybridized carbons (Fsp3) is 0.889. The zero-order valence-electron chi connectivity index (χ0n) is 8.04. The number of carboxylic acids is 1. The molecule has 0 spiro atoms. The zero-order valence-corrected chi connectivity index (χ0v) is 8.04. The van der Waals surface area contributed by atoms with Crippen molar-refractivity contribution < 1.29 is 14.6 Å². The summed E-state index contributed by atoms with van der Waals surface area (Å²) in [6, 6.07) is 0. The number of aliphatic carboxylic acids is 1.